The number of imide groups is 1. The number of rotatable bonds is 4. The van der Waals surface area contributed by atoms with Gasteiger partial charge in [0, 0.05) is 11.1 Å². The maximum atomic E-state index is 12.3. The van der Waals surface area contributed by atoms with E-state index in [-0.39, 0.29) is 35.6 Å². The van der Waals surface area contributed by atoms with Crippen molar-refractivity contribution < 1.29 is 19.1 Å². The monoisotopic (exact) mass is 287 g/mol. The molecule has 110 valence electrons. The smallest absolute Gasteiger partial charge is 0.233 e. The van der Waals surface area contributed by atoms with Gasteiger partial charge < -0.3 is 4.74 Å². The first-order chi connectivity index (χ1) is 9.91. The Morgan fingerprint density at radius 2 is 1.86 bits per heavy atom. The first-order valence-corrected chi connectivity index (χ1v) is 6.89. The lowest BCUT2D eigenvalue weighted by Gasteiger charge is -2.21. The third-order valence-electron chi connectivity index (χ3n) is 4.66. The van der Waals surface area contributed by atoms with E-state index in [4.69, 9.17) is 4.74 Å². The molecule has 5 nitrogen and oxygen atoms in total. The van der Waals surface area contributed by atoms with Crippen LogP contribution in [0.4, 0.5) is 0 Å². The van der Waals surface area contributed by atoms with Crippen LogP contribution >= 0.6 is 0 Å². The minimum absolute atomic E-state index is 0.117. The first-order valence-electron chi connectivity index (χ1n) is 6.89. The SMILES string of the molecule is COc1ccc(C=O)cc1CN1C(=O)C2C(C1=O)C2(C)C. The molecule has 1 aliphatic heterocycles. The van der Waals surface area contributed by atoms with Gasteiger partial charge >= 0.3 is 0 Å². The maximum Gasteiger partial charge on any atom is 0.233 e. The minimum atomic E-state index is -0.209. The first kappa shape index (κ1) is 13.8. The van der Waals surface area contributed by atoms with Gasteiger partial charge in [-0.1, -0.05) is 13.8 Å². The van der Waals surface area contributed by atoms with Crippen molar-refractivity contribution in [2.45, 2.75) is 20.4 Å². The number of amides is 2. The molecule has 2 atom stereocenters. The van der Waals surface area contributed by atoms with Crippen LogP contribution in [-0.2, 0) is 16.1 Å². The van der Waals surface area contributed by atoms with Gasteiger partial charge in [0.1, 0.15) is 12.0 Å². The fraction of sp³-hybridized carbons (Fsp3) is 0.438. The Labute approximate surface area is 122 Å². The van der Waals surface area contributed by atoms with E-state index in [0.717, 1.165) is 6.29 Å². The molecule has 0 N–H and O–H groups in total. The van der Waals surface area contributed by atoms with Gasteiger partial charge in [-0.3, -0.25) is 19.3 Å². The number of fused-ring (bicyclic) bond motifs is 1. The molecule has 2 unspecified atom stereocenters. The third-order valence-corrected chi connectivity index (χ3v) is 4.66. The largest absolute Gasteiger partial charge is 0.496 e. The van der Waals surface area contributed by atoms with Crippen LogP contribution < -0.4 is 4.74 Å². The van der Waals surface area contributed by atoms with Gasteiger partial charge in [-0.15, -0.1) is 0 Å². The molecular weight excluding hydrogens is 270 g/mol. The zero-order chi connectivity index (χ0) is 15.4. The van der Waals surface area contributed by atoms with Crippen LogP contribution in [0.3, 0.4) is 0 Å². The predicted molar refractivity (Wildman–Crippen MR) is 74.7 cm³/mol. The van der Waals surface area contributed by atoms with E-state index in [0.29, 0.717) is 16.9 Å². The van der Waals surface area contributed by atoms with Crippen molar-refractivity contribution in [2.24, 2.45) is 17.3 Å². The highest BCUT2D eigenvalue weighted by Crippen LogP contribution is 2.63. The molecule has 0 spiro atoms. The second kappa shape index (κ2) is 4.41. The normalized spacial score (nSPS) is 25.8. The highest BCUT2D eigenvalue weighted by Gasteiger charge is 2.72. The van der Waals surface area contributed by atoms with E-state index in [1.807, 2.05) is 13.8 Å². The molecule has 2 fully saturated rings. The van der Waals surface area contributed by atoms with E-state index in [9.17, 15) is 14.4 Å². The maximum absolute atomic E-state index is 12.3. The Hall–Kier alpha value is -2.17. The van der Waals surface area contributed by atoms with Gasteiger partial charge in [0.05, 0.1) is 25.5 Å². The molecule has 1 saturated carbocycles. The van der Waals surface area contributed by atoms with Crippen molar-refractivity contribution in [2.75, 3.05) is 7.11 Å². The van der Waals surface area contributed by atoms with E-state index >= 15 is 0 Å². The lowest BCUT2D eigenvalue weighted by Crippen LogP contribution is -2.35. The fourth-order valence-electron chi connectivity index (χ4n) is 3.33. The molecule has 21 heavy (non-hydrogen) atoms. The third kappa shape index (κ3) is 1.87. The molecule has 2 amide bonds. The predicted octanol–water partition coefficient (Wildman–Crippen LogP) is 1.65. The summed E-state index contributed by atoms with van der Waals surface area (Å²) in [5.41, 5.74) is 0.956. The second-order valence-electron chi connectivity index (χ2n) is 6.23. The minimum Gasteiger partial charge on any atom is -0.496 e. The van der Waals surface area contributed by atoms with Crippen LogP contribution in [0.1, 0.15) is 29.8 Å². The molecule has 0 aromatic heterocycles. The Morgan fingerprint density at radius 3 is 2.38 bits per heavy atom. The Kier molecular flexibility index (Phi) is 2.90. The molecule has 1 aliphatic carbocycles. The topological polar surface area (TPSA) is 63.7 Å². The van der Waals surface area contributed by atoms with Crippen LogP contribution in [0.2, 0.25) is 0 Å². The van der Waals surface area contributed by atoms with E-state index in [1.54, 1.807) is 18.2 Å². The zero-order valence-corrected chi connectivity index (χ0v) is 12.3. The number of piperidine rings is 1. The van der Waals surface area contributed by atoms with Crippen LogP contribution in [0.25, 0.3) is 0 Å². The second-order valence-corrected chi connectivity index (χ2v) is 6.23. The number of benzene rings is 1. The summed E-state index contributed by atoms with van der Waals surface area (Å²) >= 11 is 0. The molecule has 3 rings (SSSR count). The number of methoxy groups -OCH3 is 1. The Bertz CT molecular complexity index is 626. The van der Waals surface area contributed by atoms with Gasteiger partial charge in [0.2, 0.25) is 11.8 Å². The lowest BCUT2D eigenvalue weighted by atomic mass is 10.0. The molecule has 1 aromatic rings. The number of aldehydes is 1. The summed E-state index contributed by atoms with van der Waals surface area (Å²) in [4.78, 5) is 36.8. The number of hydrogen-bond acceptors (Lipinski definition) is 4. The standard InChI is InChI=1S/C16H17NO4/c1-16(2)12-13(16)15(20)17(14(12)19)7-10-6-9(8-18)4-5-11(10)21-3/h4-6,8,12-13H,7H2,1-3H3. The highest BCUT2D eigenvalue weighted by molar-refractivity contribution is 6.10. The number of likely N-dealkylation sites (tertiary alicyclic amines) is 1. The summed E-state index contributed by atoms with van der Waals surface area (Å²) in [6.45, 7) is 4.05. The number of hydrogen-bond donors (Lipinski definition) is 0. The van der Waals surface area contributed by atoms with Crippen molar-refractivity contribution in [3.05, 3.63) is 29.3 Å². The number of ether oxygens (including phenoxy) is 1. The number of carbonyl (C=O) groups excluding carboxylic acids is 3. The number of nitrogens with zero attached hydrogens (tertiary/aromatic N) is 1. The van der Waals surface area contributed by atoms with Crippen molar-refractivity contribution in [1.29, 1.82) is 0 Å². The highest BCUT2D eigenvalue weighted by atomic mass is 16.5. The quantitative estimate of drug-likeness (QED) is 0.624. The van der Waals surface area contributed by atoms with Crippen LogP contribution in [0.5, 0.6) is 5.75 Å². The summed E-state index contributed by atoms with van der Waals surface area (Å²) in [7, 11) is 1.52. The average Bonchev–Trinajstić information content (AvgIpc) is 2.94. The number of carbonyl (C=O) groups is 3. The molecule has 2 aliphatic rings. The molecule has 1 aromatic carbocycles. The summed E-state index contributed by atoms with van der Waals surface area (Å²) < 4.78 is 5.24. The average molecular weight is 287 g/mol. The van der Waals surface area contributed by atoms with Crippen molar-refractivity contribution in [3.63, 3.8) is 0 Å². The van der Waals surface area contributed by atoms with E-state index in [1.165, 1.54) is 12.0 Å². The van der Waals surface area contributed by atoms with Gasteiger partial charge in [0.15, 0.2) is 0 Å². The molecule has 5 heteroatoms. The Morgan fingerprint density at radius 1 is 1.24 bits per heavy atom. The summed E-state index contributed by atoms with van der Waals surface area (Å²) in [6.07, 6.45) is 0.733. The van der Waals surface area contributed by atoms with Gasteiger partial charge in [0.25, 0.3) is 0 Å². The molecule has 1 saturated heterocycles. The molecule has 0 bridgehead atoms. The van der Waals surface area contributed by atoms with Crippen LogP contribution in [0, 0.1) is 17.3 Å². The van der Waals surface area contributed by atoms with Crippen molar-refractivity contribution >= 4 is 18.1 Å². The summed E-state index contributed by atoms with van der Waals surface area (Å²) in [5.74, 6) is -0.0429. The summed E-state index contributed by atoms with van der Waals surface area (Å²) in [6, 6.07) is 4.97. The van der Waals surface area contributed by atoms with Crippen molar-refractivity contribution in [3.8, 4) is 5.75 Å². The van der Waals surface area contributed by atoms with E-state index in [2.05, 4.69) is 0 Å². The zero-order valence-electron chi connectivity index (χ0n) is 12.3. The lowest BCUT2D eigenvalue weighted by molar-refractivity contribution is -0.143. The Balaban J connectivity index is 1.87. The van der Waals surface area contributed by atoms with Crippen LogP contribution in [-0.4, -0.2) is 30.1 Å². The van der Waals surface area contributed by atoms with Crippen molar-refractivity contribution in [1.82, 2.24) is 4.90 Å². The van der Waals surface area contributed by atoms with E-state index < -0.39 is 0 Å². The van der Waals surface area contributed by atoms with Crippen LogP contribution in [0.15, 0.2) is 18.2 Å². The molecular formula is C16H17NO4. The van der Waals surface area contributed by atoms with Gasteiger partial charge in [-0.25, -0.2) is 0 Å². The molecule has 1 heterocycles. The van der Waals surface area contributed by atoms with Gasteiger partial charge in [-0.2, -0.15) is 0 Å². The summed E-state index contributed by atoms with van der Waals surface area (Å²) in [5, 5.41) is 0. The fourth-order valence-corrected chi connectivity index (χ4v) is 3.33. The van der Waals surface area contributed by atoms with Gasteiger partial charge in [-0.05, 0) is 23.6 Å². The molecule has 0 radical (unpaired) electrons.